The van der Waals surface area contributed by atoms with Gasteiger partial charge >= 0.3 is 0 Å². The molecule has 1 aromatic heterocycles. The molecule has 1 N–H and O–H groups in total. The summed E-state index contributed by atoms with van der Waals surface area (Å²) in [7, 11) is 0. The van der Waals surface area contributed by atoms with Gasteiger partial charge in [-0.05, 0) is 80.8 Å². The van der Waals surface area contributed by atoms with E-state index in [2.05, 4.69) is 9.88 Å². The lowest BCUT2D eigenvalue weighted by molar-refractivity contribution is 0.0651. The van der Waals surface area contributed by atoms with Crippen LogP contribution in [0.25, 0.3) is 0 Å². The standard InChI is InChI=1S/C24H27FN2O2/c25-17-7-5-15(6-8-17)22(28)10-12-27-11-9-16-13-21-23(24(29)19(16)14-27)18-3-1-2-4-20(18)26-21/h5-8,16,19,26H,1-4,9-14H2/t16-,19+/m0/s1. The summed E-state index contributed by atoms with van der Waals surface area (Å²) in [6.45, 7) is 2.34. The SMILES string of the molecule is O=C(CCN1CC[C@H]2Cc3[nH]c4c(c3C(=O)[C@@H]2C1)CCCC4)c1ccc(F)cc1. The van der Waals surface area contributed by atoms with Crippen molar-refractivity contribution in [3.8, 4) is 0 Å². The molecule has 5 heteroatoms. The number of H-pyrrole nitrogens is 1. The lowest BCUT2D eigenvalue weighted by Gasteiger charge is -2.40. The predicted octanol–water partition coefficient (Wildman–Crippen LogP) is 3.98. The number of carbonyl (C=O) groups is 2. The van der Waals surface area contributed by atoms with Gasteiger partial charge in [0.15, 0.2) is 11.6 Å². The normalized spacial score (nSPS) is 24.0. The summed E-state index contributed by atoms with van der Waals surface area (Å²) in [5, 5.41) is 0. The van der Waals surface area contributed by atoms with E-state index in [1.807, 2.05) is 0 Å². The minimum Gasteiger partial charge on any atom is -0.361 e. The van der Waals surface area contributed by atoms with Crippen LogP contribution < -0.4 is 0 Å². The Morgan fingerprint density at radius 1 is 1.14 bits per heavy atom. The monoisotopic (exact) mass is 394 g/mol. The minimum absolute atomic E-state index is 0.0316. The smallest absolute Gasteiger partial charge is 0.169 e. The molecule has 2 heterocycles. The summed E-state index contributed by atoms with van der Waals surface area (Å²) in [6.07, 6.45) is 6.88. The fraction of sp³-hybridized carbons (Fsp3) is 0.500. The number of nitrogens with one attached hydrogen (secondary N) is 1. The minimum atomic E-state index is -0.328. The summed E-state index contributed by atoms with van der Waals surface area (Å²) < 4.78 is 13.1. The molecular formula is C24H27FN2O2. The molecule has 0 bridgehead atoms. The maximum absolute atomic E-state index is 13.4. The van der Waals surface area contributed by atoms with Crippen molar-refractivity contribution in [2.45, 2.75) is 44.9 Å². The molecule has 0 unspecified atom stereocenters. The van der Waals surface area contributed by atoms with Crippen LogP contribution in [0.2, 0.25) is 0 Å². The molecule has 152 valence electrons. The third kappa shape index (κ3) is 3.46. The Morgan fingerprint density at radius 3 is 2.76 bits per heavy atom. The number of hydrogen-bond acceptors (Lipinski definition) is 3. The largest absolute Gasteiger partial charge is 0.361 e. The van der Waals surface area contributed by atoms with Gasteiger partial charge in [-0.3, -0.25) is 9.59 Å². The van der Waals surface area contributed by atoms with E-state index in [1.165, 1.54) is 41.9 Å². The first kappa shape index (κ1) is 18.7. The number of likely N-dealkylation sites (tertiary alicyclic amines) is 1. The van der Waals surface area contributed by atoms with Crippen molar-refractivity contribution < 1.29 is 14.0 Å². The molecule has 1 aliphatic heterocycles. The summed E-state index contributed by atoms with van der Waals surface area (Å²) in [5.41, 5.74) is 5.33. The number of aromatic nitrogens is 1. The summed E-state index contributed by atoms with van der Waals surface area (Å²) >= 11 is 0. The zero-order valence-electron chi connectivity index (χ0n) is 16.7. The maximum Gasteiger partial charge on any atom is 0.169 e. The number of ketones is 2. The van der Waals surface area contributed by atoms with Crippen molar-refractivity contribution in [1.82, 2.24) is 9.88 Å². The third-order valence-electron chi connectivity index (χ3n) is 7.08. The van der Waals surface area contributed by atoms with Crippen LogP contribution in [0.5, 0.6) is 0 Å². The molecule has 1 saturated heterocycles. The third-order valence-corrected chi connectivity index (χ3v) is 7.08. The second-order valence-electron chi connectivity index (χ2n) is 8.85. The highest BCUT2D eigenvalue weighted by atomic mass is 19.1. The number of hydrogen-bond donors (Lipinski definition) is 1. The van der Waals surface area contributed by atoms with Gasteiger partial charge in [-0.15, -0.1) is 0 Å². The Morgan fingerprint density at radius 2 is 1.93 bits per heavy atom. The lowest BCUT2D eigenvalue weighted by atomic mass is 9.72. The zero-order chi connectivity index (χ0) is 20.0. The van der Waals surface area contributed by atoms with Gasteiger partial charge in [-0.1, -0.05) is 0 Å². The number of halogens is 1. The van der Waals surface area contributed by atoms with E-state index >= 15 is 0 Å². The van der Waals surface area contributed by atoms with Gasteiger partial charge in [-0.25, -0.2) is 4.39 Å². The molecule has 2 aliphatic carbocycles. The highest BCUT2D eigenvalue weighted by Gasteiger charge is 2.42. The molecule has 2 aromatic rings. The molecule has 1 aromatic carbocycles. The van der Waals surface area contributed by atoms with Crippen molar-refractivity contribution >= 4 is 11.6 Å². The van der Waals surface area contributed by atoms with Crippen LogP contribution >= 0.6 is 0 Å². The summed E-state index contributed by atoms with van der Waals surface area (Å²) in [5.74, 6) is 0.498. The number of fused-ring (bicyclic) bond motifs is 4. The van der Waals surface area contributed by atoms with Crippen LogP contribution in [0.1, 0.15) is 63.4 Å². The number of aryl methyl sites for hydroxylation is 1. The van der Waals surface area contributed by atoms with Gasteiger partial charge in [0.05, 0.1) is 0 Å². The van der Waals surface area contributed by atoms with Crippen molar-refractivity contribution in [3.05, 3.63) is 58.2 Å². The number of Topliss-reactive ketones (excluding diaryl/α,β-unsaturated/α-hetero) is 2. The van der Waals surface area contributed by atoms with E-state index < -0.39 is 0 Å². The van der Waals surface area contributed by atoms with Crippen LogP contribution in [0.4, 0.5) is 4.39 Å². The number of carbonyl (C=O) groups excluding carboxylic acids is 2. The maximum atomic E-state index is 13.4. The molecular weight excluding hydrogens is 367 g/mol. The Hall–Kier alpha value is -2.27. The van der Waals surface area contributed by atoms with Crippen molar-refractivity contribution in [2.24, 2.45) is 11.8 Å². The number of rotatable bonds is 4. The molecule has 0 spiro atoms. The average Bonchev–Trinajstić information content (AvgIpc) is 3.11. The highest BCUT2D eigenvalue weighted by molar-refractivity contribution is 6.02. The predicted molar refractivity (Wildman–Crippen MR) is 109 cm³/mol. The summed E-state index contributed by atoms with van der Waals surface area (Å²) in [6, 6.07) is 5.75. The molecule has 4 nitrogen and oxygen atoms in total. The van der Waals surface area contributed by atoms with E-state index in [1.54, 1.807) is 12.1 Å². The van der Waals surface area contributed by atoms with Crippen LogP contribution in [0.3, 0.4) is 0 Å². The van der Waals surface area contributed by atoms with E-state index in [9.17, 15) is 14.0 Å². The lowest BCUT2D eigenvalue weighted by Crippen LogP contribution is -2.47. The zero-order valence-corrected chi connectivity index (χ0v) is 16.7. The Kier molecular flexibility index (Phi) is 4.86. The number of nitrogens with zero attached hydrogens (tertiary/aromatic N) is 1. The molecule has 29 heavy (non-hydrogen) atoms. The highest BCUT2D eigenvalue weighted by Crippen LogP contribution is 2.39. The summed E-state index contributed by atoms with van der Waals surface area (Å²) in [4.78, 5) is 31.6. The quantitative estimate of drug-likeness (QED) is 0.798. The van der Waals surface area contributed by atoms with Gasteiger partial charge in [0.25, 0.3) is 0 Å². The van der Waals surface area contributed by atoms with E-state index in [0.717, 1.165) is 44.3 Å². The Labute approximate surface area is 170 Å². The molecule has 0 amide bonds. The first-order valence-electron chi connectivity index (χ1n) is 10.9. The van der Waals surface area contributed by atoms with Crippen molar-refractivity contribution in [2.75, 3.05) is 19.6 Å². The van der Waals surface area contributed by atoms with Crippen molar-refractivity contribution in [3.63, 3.8) is 0 Å². The van der Waals surface area contributed by atoms with E-state index in [0.29, 0.717) is 30.2 Å². The van der Waals surface area contributed by atoms with Gasteiger partial charge in [0.2, 0.25) is 0 Å². The number of aromatic amines is 1. The molecule has 5 rings (SSSR count). The van der Waals surface area contributed by atoms with Gasteiger partial charge in [-0.2, -0.15) is 0 Å². The topological polar surface area (TPSA) is 53.2 Å². The fourth-order valence-electron chi connectivity index (χ4n) is 5.50. The molecule has 3 aliphatic rings. The van der Waals surface area contributed by atoms with Crippen molar-refractivity contribution in [1.29, 1.82) is 0 Å². The first-order chi connectivity index (χ1) is 14.1. The first-order valence-corrected chi connectivity index (χ1v) is 10.9. The molecule has 0 radical (unpaired) electrons. The van der Waals surface area contributed by atoms with Gasteiger partial charge in [0, 0.05) is 47.9 Å². The van der Waals surface area contributed by atoms with Crippen LogP contribution in [-0.4, -0.2) is 41.1 Å². The van der Waals surface area contributed by atoms with Gasteiger partial charge in [0.1, 0.15) is 5.82 Å². The molecule has 2 atom stereocenters. The second kappa shape index (κ2) is 7.52. The van der Waals surface area contributed by atoms with Crippen LogP contribution in [0.15, 0.2) is 24.3 Å². The van der Waals surface area contributed by atoms with Gasteiger partial charge < -0.3 is 9.88 Å². The average molecular weight is 394 g/mol. The number of benzene rings is 1. The fourth-order valence-corrected chi connectivity index (χ4v) is 5.50. The van der Waals surface area contributed by atoms with Crippen LogP contribution in [0, 0.1) is 17.7 Å². The molecule has 1 fully saturated rings. The Balaban J connectivity index is 1.26. The molecule has 0 saturated carbocycles. The van der Waals surface area contributed by atoms with E-state index in [4.69, 9.17) is 0 Å². The Bertz CT molecular complexity index is 947. The number of piperidine rings is 1. The van der Waals surface area contributed by atoms with E-state index in [-0.39, 0.29) is 17.5 Å². The second-order valence-corrected chi connectivity index (χ2v) is 8.85. The van der Waals surface area contributed by atoms with Crippen LogP contribution in [-0.2, 0) is 19.3 Å².